The number of imidazole rings is 1. The minimum Gasteiger partial charge on any atom is -0.481 e. The molecule has 1 N–H and O–H groups in total. The quantitative estimate of drug-likeness (QED) is 0.845. The van der Waals surface area contributed by atoms with Gasteiger partial charge < -0.3 is 5.11 Å². The lowest BCUT2D eigenvalue weighted by atomic mass is 10.3. The summed E-state index contributed by atoms with van der Waals surface area (Å²) in [5, 5.41) is 9.23. The molecule has 2 rings (SSSR count). The molecular weight excluding hydrogens is 255 g/mol. The van der Waals surface area contributed by atoms with Crippen LogP contribution >= 0.6 is 11.8 Å². The van der Waals surface area contributed by atoms with Crippen LogP contribution in [0.15, 0.2) is 41.8 Å². The molecule has 0 fully saturated rings. The second kappa shape index (κ2) is 5.68. The monoisotopic (exact) mass is 266 g/mol. The van der Waals surface area contributed by atoms with Crippen molar-refractivity contribution in [3.8, 4) is 5.69 Å². The predicted molar refractivity (Wildman–Crippen MR) is 66.5 cm³/mol. The molecule has 0 atom stereocenters. The van der Waals surface area contributed by atoms with Gasteiger partial charge in [-0.05, 0) is 18.2 Å². The number of hydrogen-bond donors (Lipinski definition) is 1. The summed E-state index contributed by atoms with van der Waals surface area (Å²) in [6.45, 7) is 0. The lowest BCUT2D eigenvalue weighted by molar-refractivity contribution is -0.136. The van der Waals surface area contributed by atoms with E-state index in [-0.39, 0.29) is 12.2 Å². The molecule has 0 radical (unpaired) electrons. The fraction of sp³-hybridized carbons (Fsp3) is 0.167. The Morgan fingerprint density at radius 3 is 3.06 bits per heavy atom. The minimum atomic E-state index is -0.841. The molecule has 18 heavy (non-hydrogen) atoms. The number of thioether (sulfide) groups is 1. The van der Waals surface area contributed by atoms with Crippen LogP contribution in [0.25, 0.3) is 5.69 Å². The van der Waals surface area contributed by atoms with E-state index in [9.17, 15) is 9.18 Å². The topological polar surface area (TPSA) is 55.1 Å². The van der Waals surface area contributed by atoms with Gasteiger partial charge in [0.15, 0.2) is 5.16 Å². The normalized spacial score (nSPS) is 10.5. The zero-order chi connectivity index (χ0) is 13.0. The molecule has 1 heterocycles. The maximum absolute atomic E-state index is 13.1. The van der Waals surface area contributed by atoms with Crippen LogP contribution in [-0.2, 0) is 4.79 Å². The smallest absolute Gasteiger partial charge is 0.304 e. The van der Waals surface area contributed by atoms with Gasteiger partial charge in [-0.1, -0.05) is 17.8 Å². The van der Waals surface area contributed by atoms with Crippen molar-refractivity contribution in [2.45, 2.75) is 11.6 Å². The highest BCUT2D eigenvalue weighted by atomic mass is 32.2. The summed E-state index contributed by atoms with van der Waals surface area (Å²) >= 11 is 1.33. The Morgan fingerprint density at radius 1 is 1.50 bits per heavy atom. The molecule has 94 valence electrons. The number of halogens is 1. The summed E-state index contributed by atoms with van der Waals surface area (Å²) in [7, 11) is 0. The number of nitrogens with zero attached hydrogens (tertiary/aromatic N) is 2. The number of hydrogen-bond acceptors (Lipinski definition) is 3. The molecule has 1 aromatic heterocycles. The van der Waals surface area contributed by atoms with E-state index in [0.29, 0.717) is 16.6 Å². The van der Waals surface area contributed by atoms with Crippen LogP contribution in [0, 0.1) is 5.82 Å². The van der Waals surface area contributed by atoms with Gasteiger partial charge in [0.25, 0.3) is 0 Å². The average Bonchev–Trinajstić information content (AvgIpc) is 2.77. The van der Waals surface area contributed by atoms with Gasteiger partial charge in [-0.25, -0.2) is 9.37 Å². The Hall–Kier alpha value is -1.82. The van der Waals surface area contributed by atoms with Gasteiger partial charge in [0.2, 0.25) is 0 Å². The fourth-order valence-electron chi connectivity index (χ4n) is 1.45. The second-order valence-corrected chi connectivity index (χ2v) is 4.61. The van der Waals surface area contributed by atoms with Crippen LogP contribution in [0.2, 0.25) is 0 Å². The van der Waals surface area contributed by atoms with Crippen LogP contribution in [0.4, 0.5) is 4.39 Å². The minimum absolute atomic E-state index is 0.0701. The van der Waals surface area contributed by atoms with Crippen LogP contribution in [0.1, 0.15) is 6.42 Å². The Kier molecular flexibility index (Phi) is 3.99. The molecule has 0 bridgehead atoms. The number of aromatic nitrogens is 2. The number of carboxylic acid groups (broad SMARTS) is 1. The summed E-state index contributed by atoms with van der Waals surface area (Å²) in [4.78, 5) is 14.6. The molecule has 4 nitrogen and oxygen atoms in total. The first-order chi connectivity index (χ1) is 8.66. The fourth-order valence-corrected chi connectivity index (χ4v) is 2.35. The SMILES string of the molecule is O=C(O)CCSc1nccn1-c1cccc(F)c1. The van der Waals surface area contributed by atoms with Crippen LogP contribution in [0.5, 0.6) is 0 Å². The molecule has 0 amide bonds. The molecule has 0 aliphatic carbocycles. The van der Waals surface area contributed by atoms with Crippen LogP contribution in [0.3, 0.4) is 0 Å². The Bertz CT molecular complexity index is 557. The van der Waals surface area contributed by atoms with E-state index in [1.807, 2.05) is 0 Å². The maximum Gasteiger partial charge on any atom is 0.304 e. The molecule has 2 aromatic rings. The van der Waals surface area contributed by atoms with Crippen molar-refractivity contribution in [2.75, 3.05) is 5.75 Å². The van der Waals surface area contributed by atoms with Gasteiger partial charge >= 0.3 is 5.97 Å². The van der Waals surface area contributed by atoms with E-state index in [1.165, 1.54) is 23.9 Å². The third-order valence-corrected chi connectivity index (χ3v) is 3.21. The largest absolute Gasteiger partial charge is 0.481 e. The molecule has 6 heteroatoms. The zero-order valence-corrected chi connectivity index (χ0v) is 10.2. The zero-order valence-electron chi connectivity index (χ0n) is 9.41. The van der Waals surface area contributed by atoms with Gasteiger partial charge in [-0.3, -0.25) is 9.36 Å². The maximum atomic E-state index is 13.1. The lowest BCUT2D eigenvalue weighted by Crippen LogP contribution is -1.99. The molecule has 0 saturated carbocycles. The van der Waals surface area contributed by atoms with Crippen molar-refractivity contribution in [1.82, 2.24) is 9.55 Å². The lowest BCUT2D eigenvalue weighted by Gasteiger charge is -2.06. The summed E-state index contributed by atoms with van der Waals surface area (Å²) in [6, 6.07) is 6.17. The first-order valence-electron chi connectivity index (χ1n) is 5.30. The number of aliphatic carboxylic acids is 1. The van der Waals surface area contributed by atoms with E-state index in [1.54, 1.807) is 29.1 Å². The summed E-state index contributed by atoms with van der Waals surface area (Å²) < 4.78 is 14.9. The third kappa shape index (κ3) is 3.10. The summed E-state index contributed by atoms with van der Waals surface area (Å²) in [5.41, 5.74) is 0.672. The Labute approximate surface area is 107 Å². The van der Waals surface area contributed by atoms with Crippen LogP contribution in [-0.4, -0.2) is 26.4 Å². The van der Waals surface area contributed by atoms with Crippen molar-refractivity contribution in [3.05, 3.63) is 42.5 Å². The number of benzene rings is 1. The number of carbonyl (C=O) groups is 1. The molecule has 0 unspecified atom stereocenters. The van der Waals surface area contributed by atoms with Gasteiger partial charge in [0.1, 0.15) is 5.82 Å². The standard InChI is InChI=1S/C12H11FN2O2S/c13-9-2-1-3-10(8-9)15-6-5-14-12(15)18-7-4-11(16)17/h1-3,5-6,8H,4,7H2,(H,16,17). The van der Waals surface area contributed by atoms with E-state index in [4.69, 9.17) is 5.11 Å². The Morgan fingerprint density at radius 2 is 2.33 bits per heavy atom. The Balaban J connectivity index is 2.15. The molecular formula is C12H11FN2O2S. The van der Waals surface area contributed by atoms with E-state index >= 15 is 0 Å². The van der Waals surface area contributed by atoms with E-state index in [0.717, 1.165) is 0 Å². The van der Waals surface area contributed by atoms with Crippen molar-refractivity contribution < 1.29 is 14.3 Å². The van der Waals surface area contributed by atoms with Gasteiger partial charge in [-0.2, -0.15) is 0 Å². The molecule has 0 aliphatic heterocycles. The van der Waals surface area contributed by atoms with Gasteiger partial charge in [-0.15, -0.1) is 0 Å². The van der Waals surface area contributed by atoms with Crippen molar-refractivity contribution in [3.63, 3.8) is 0 Å². The van der Waals surface area contributed by atoms with Crippen LogP contribution < -0.4 is 0 Å². The van der Waals surface area contributed by atoms with E-state index < -0.39 is 5.97 Å². The first-order valence-corrected chi connectivity index (χ1v) is 6.29. The van der Waals surface area contributed by atoms with Crippen molar-refractivity contribution >= 4 is 17.7 Å². The van der Waals surface area contributed by atoms with Crippen molar-refractivity contribution in [2.24, 2.45) is 0 Å². The predicted octanol–water partition coefficient (Wildman–Crippen LogP) is 2.58. The van der Waals surface area contributed by atoms with Gasteiger partial charge in [0, 0.05) is 18.1 Å². The average molecular weight is 266 g/mol. The number of carboxylic acids is 1. The van der Waals surface area contributed by atoms with Crippen molar-refractivity contribution in [1.29, 1.82) is 0 Å². The highest BCUT2D eigenvalue weighted by Crippen LogP contribution is 2.21. The number of rotatable bonds is 5. The third-order valence-electron chi connectivity index (χ3n) is 2.24. The summed E-state index contributed by atoms with van der Waals surface area (Å²) in [6.07, 6.45) is 3.40. The second-order valence-electron chi connectivity index (χ2n) is 3.55. The first kappa shape index (κ1) is 12.6. The molecule has 0 saturated heterocycles. The van der Waals surface area contributed by atoms with E-state index in [2.05, 4.69) is 4.98 Å². The highest BCUT2D eigenvalue weighted by Gasteiger charge is 2.07. The molecule has 1 aromatic carbocycles. The molecule has 0 aliphatic rings. The highest BCUT2D eigenvalue weighted by molar-refractivity contribution is 7.99. The molecule has 0 spiro atoms. The summed E-state index contributed by atoms with van der Waals surface area (Å²) in [5.74, 6) is -0.726. The van der Waals surface area contributed by atoms with Gasteiger partial charge in [0.05, 0.1) is 12.1 Å².